The average molecular weight is 276 g/mol. The summed E-state index contributed by atoms with van der Waals surface area (Å²) in [4.78, 5) is 14.7. The largest absolute Gasteiger partial charge is 0.496 e. The first-order valence-electron chi connectivity index (χ1n) is 6.95. The first-order chi connectivity index (χ1) is 9.74. The minimum absolute atomic E-state index is 0.00806. The van der Waals surface area contributed by atoms with Gasteiger partial charge in [0.1, 0.15) is 17.1 Å². The smallest absolute Gasteiger partial charge is 0.261 e. The molecule has 1 aromatic carbocycles. The van der Waals surface area contributed by atoms with Crippen LogP contribution in [0, 0.1) is 11.8 Å². The van der Waals surface area contributed by atoms with Crippen molar-refractivity contribution in [2.75, 3.05) is 40.4 Å². The maximum absolute atomic E-state index is 12.8. The van der Waals surface area contributed by atoms with Gasteiger partial charge in [-0.2, -0.15) is 0 Å². The molecule has 1 amide bonds. The highest BCUT2D eigenvalue weighted by Gasteiger charge is 2.39. The Morgan fingerprint density at radius 1 is 1.15 bits per heavy atom. The van der Waals surface area contributed by atoms with E-state index in [4.69, 9.17) is 9.47 Å². The molecule has 5 nitrogen and oxygen atoms in total. The van der Waals surface area contributed by atoms with Crippen LogP contribution < -0.4 is 14.8 Å². The highest BCUT2D eigenvalue weighted by atomic mass is 16.5. The number of nitrogens with zero attached hydrogens (tertiary/aromatic N) is 1. The van der Waals surface area contributed by atoms with E-state index in [0.29, 0.717) is 28.9 Å². The first kappa shape index (κ1) is 13.2. The number of carbonyl (C=O) groups is 1. The molecule has 2 aliphatic rings. The van der Waals surface area contributed by atoms with Gasteiger partial charge in [-0.25, -0.2) is 0 Å². The second-order valence-electron chi connectivity index (χ2n) is 5.43. The van der Waals surface area contributed by atoms with Crippen LogP contribution in [0.5, 0.6) is 11.5 Å². The van der Waals surface area contributed by atoms with Crippen molar-refractivity contribution in [2.24, 2.45) is 11.8 Å². The summed E-state index contributed by atoms with van der Waals surface area (Å²) in [7, 11) is 3.16. The molecule has 3 rings (SSSR count). The van der Waals surface area contributed by atoms with Crippen LogP contribution in [-0.4, -0.2) is 51.2 Å². The number of carbonyl (C=O) groups excluding carboxylic acids is 1. The number of benzene rings is 1. The molecule has 0 saturated carbocycles. The highest BCUT2D eigenvalue weighted by Crippen LogP contribution is 2.33. The normalized spacial score (nSPS) is 24.6. The van der Waals surface area contributed by atoms with Gasteiger partial charge in [0.05, 0.1) is 14.2 Å². The van der Waals surface area contributed by atoms with E-state index in [2.05, 4.69) is 5.32 Å². The lowest BCUT2D eigenvalue weighted by atomic mass is 10.0. The molecule has 0 spiro atoms. The fourth-order valence-corrected chi connectivity index (χ4v) is 3.24. The molecular weight excluding hydrogens is 256 g/mol. The zero-order chi connectivity index (χ0) is 14.1. The fraction of sp³-hybridized carbons (Fsp3) is 0.533. The van der Waals surface area contributed by atoms with Gasteiger partial charge in [0.25, 0.3) is 5.91 Å². The van der Waals surface area contributed by atoms with E-state index >= 15 is 0 Å². The molecule has 0 aromatic heterocycles. The van der Waals surface area contributed by atoms with Gasteiger partial charge >= 0.3 is 0 Å². The second-order valence-corrected chi connectivity index (χ2v) is 5.43. The number of ether oxygens (including phenoxy) is 2. The van der Waals surface area contributed by atoms with E-state index in [9.17, 15) is 4.79 Å². The maximum Gasteiger partial charge on any atom is 0.261 e. The number of rotatable bonds is 3. The van der Waals surface area contributed by atoms with Gasteiger partial charge in [0.2, 0.25) is 0 Å². The van der Waals surface area contributed by atoms with Gasteiger partial charge in [-0.15, -0.1) is 0 Å². The first-order valence-corrected chi connectivity index (χ1v) is 6.95. The molecule has 108 valence electrons. The third-order valence-electron chi connectivity index (χ3n) is 4.32. The Kier molecular flexibility index (Phi) is 3.53. The van der Waals surface area contributed by atoms with Crippen molar-refractivity contribution in [3.8, 4) is 11.5 Å². The zero-order valence-corrected chi connectivity index (χ0v) is 11.9. The summed E-state index contributed by atoms with van der Waals surface area (Å²) in [5, 5.41) is 3.38. The molecule has 0 aliphatic carbocycles. The van der Waals surface area contributed by atoms with Gasteiger partial charge in [-0.05, 0) is 24.0 Å². The Labute approximate surface area is 118 Å². The summed E-state index contributed by atoms with van der Waals surface area (Å²) in [6, 6.07) is 5.43. The minimum Gasteiger partial charge on any atom is -0.496 e. The van der Waals surface area contributed by atoms with Crippen LogP contribution in [0.15, 0.2) is 18.2 Å². The number of amides is 1. The quantitative estimate of drug-likeness (QED) is 0.894. The summed E-state index contributed by atoms with van der Waals surface area (Å²) in [5.74, 6) is 2.32. The fourth-order valence-electron chi connectivity index (χ4n) is 3.24. The lowest BCUT2D eigenvalue weighted by Crippen LogP contribution is -2.32. The number of hydrogen-bond acceptors (Lipinski definition) is 4. The van der Waals surface area contributed by atoms with Crippen molar-refractivity contribution in [1.82, 2.24) is 10.2 Å². The molecular formula is C15H20N2O3. The minimum atomic E-state index is 0.00806. The summed E-state index contributed by atoms with van der Waals surface area (Å²) in [5.41, 5.74) is 0.533. The maximum atomic E-state index is 12.8. The van der Waals surface area contributed by atoms with Gasteiger partial charge < -0.3 is 19.7 Å². The molecule has 1 N–H and O–H groups in total. The molecule has 2 aliphatic heterocycles. The standard InChI is InChI=1S/C15H20N2O3/c1-19-12-4-3-5-13(20-2)14(12)15(18)17-8-10-6-16-7-11(10)9-17/h3-5,10-11,16H,6-9H2,1-2H3. The Bertz CT molecular complexity index is 484. The number of methoxy groups -OCH3 is 2. The second kappa shape index (κ2) is 5.32. The average Bonchev–Trinajstić information content (AvgIpc) is 3.06. The summed E-state index contributed by atoms with van der Waals surface area (Å²) >= 11 is 0. The monoisotopic (exact) mass is 276 g/mol. The van der Waals surface area contributed by atoms with E-state index in [1.54, 1.807) is 26.4 Å². The van der Waals surface area contributed by atoms with Crippen LogP contribution in [0.2, 0.25) is 0 Å². The van der Waals surface area contributed by atoms with Crippen molar-refractivity contribution in [3.63, 3.8) is 0 Å². The summed E-state index contributed by atoms with van der Waals surface area (Å²) < 4.78 is 10.6. The highest BCUT2D eigenvalue weighted by molar-refractivity contribution is 6.00. The third-order valence-corrected chi connectivity index (χ3v) is 4.32. The van der Waals surface area contributed by atoms with E-state index in [-0.39, 0.29) is 5.91 Å². The van der Waals surface area contributed by atoms with Crippen LogP contribution in [0.3, 0.4) is 0 Å². The molecule has 2 heterocycles. The predicted molar refractivity (Wildman–Crippen MR) is 75.3 cm³/mol. The summed E-state index contributed by atoms with van der Waals surface area (Å²) in [6.45, 7) is 3.66. The molecule has 2 fully saturated rings. The van der Waals surface area contributed by atoms with Crippen molar-refractivity contribution in [3.05, 3.63) is 23.8 Å². The van der Waals surface area contributed by atoms with Crippen LogP contribution >= 0.6 is 0 Å². The van der Waals surface area contributed by atoms with Crippen molar-refractivity contribution < 1.29 is 14.3 Å². The van der Waals surface area contributed by atoms with Gasteiger partial charge in [-0.3, -0.25) is 4.79 Å². The van der Waals surface area contributed by atoms with E-state index in [1.165, 1.54) is 0 Å². The predicted octanol–water partition coefficient (Wildman–Crippen LogP) is 0.995. The van der Waals surface area contributed by atoms with Crippen LogP contribution in [-0.2, 0) is 0 Å². The van der Waals surface area contributed by atoms with Gasteiger partial charge in [0.15, 0.2) is 0 Å². The molecule has 20 heavy (non-hydrogen) atoms. The number of hydrogen-bond donors (Lipinski definition) is 1. The molecule has 2 unspecified atom stereocenters. The Hall–Kier alpha value is -1.75. The Morgan fingerprint density at radius 2 is 1.70 bits per heavy atom. The molecule has 0 radical (unpaired) electrons. The number of fused-ring (bicyclic) bond motifs is 1. The van der Waals surface area contributed by atoms with Crippen molar-refractivity contribution in [1.29, 1.82) is 0 Å². The van der Waals surface area contributed by atoms with Crippen LogP contribution in [0.25, 0.3) is 0 Å². The molecule has 2 atom stereocenters. The topological polar surface area (TPSA) is 50.8 Å². The Morgan fingerprint density at radius 3 is 2.20 bits per heavy atom. The molecule has 1 aromatic rings. The number of nitrogens with one attached hydrogen (secondary N) is 1. The van der Waals surface area contributed by atoms with E-state index in [0.717, 1.165) is 26.2 Å². The SMILES string of the molecule is COc1cccc(OC)c1C(=O)N1CC2CNCC2C1. The summed E-state index contributed by atoms with van der Waals surface area (Å²) in [6.07, 6.45) is 0. The lowest BCUT2D eigenvalue weighted by Gasteiger charge is -2.20. The van der Waals surface area contributed by atoms with Crippen LogP contribution in [0.4, 0.5) is 0 Å². The molecule has 0 bridgehead atoms. The van der Waals surface area contributed by atoms with Gasteiger partial charge in [0, 0.05) is 26.2 Å². The lowest BCUT2D eigenvalue weighted by molar-refractivity contribution is 0.0774. The molecule has 5 heteroatoms. The Balaban J connectivity index is 1.87. The van der Waals surface area contributed by atoms with Crippen molar-refractivity contribution >= 4 is 5.91 Å². The molecule has 2 saturated heterocycles. The van der Waals surface area contributed by atoms with Crippen LogP contribution in [0.1, 0.15) is 10.4 Å². The van der Waals surface area contributed by atoms with E-state index < -0.39 is 0 Å². The van der Waals surface area contributed by atoms with Crippen molar-refractivity contribution in [2.45, 2.75) is 0 Å². The zero-order valence-electron chi connectivity index (χ0n) is 11.9. The van der Waals surface area contributed by atoms with Gasteiger partial charge in [-0.1, -0.05) is 6.07 Å². The van der Waals surface area contributed by atoms with E-state index in [1.807, 2.05) is 11.0 Å². The number of likely N-dealkylation sites (tertiary alicyclic amines) is 1. The third kappa shape index (κ3) is 2.12.